The zero-order chi connectivity index (χ0) is 16.8. The molecule has 0 aromatic carbocycles. The molecule has 5 nitrogen and oxygen atoms in total. The molecule has 0 bridgehead atoms. The highest BCUT2D eigenvalue weighted by Gasteiger charge is 2.35. The van der Waals surface area contributed by atoms with Gasteiger partial charge in [-0.2, -0.15) is 5.26 Å². The van der Waals surface area contributed by atoms with Crippen LogP contribution in [0.4, 0.5) is 5.82 Å². The topological polar surface area (TPSA) is 52.4 Å². The number of fused-ring (bicyclic) bond motifs is 2. The lowest BCUT2D eigenvalue weighted by atomic mass is 10.0. The van der Waals surface area contributed by atoms with Gasteiger partial charge in [0.2, 0.25) is 0 Å². The van der Waals surface area contributed by atoms with Gasteiger partial charge in [-0.15, -0.1) is 11.3 Å². The Bertz CT molecular complexity index is 850. The summed E-state index contributed by atoms with van der Waals surface area (Å²) < 4.78 is 5.49. The molecule has 2 aromatic rings. The minimum Gasteiger partial charge on any atom is -0.376 e. The number of aromatic nitrogens is 1. The van der Waals surface area contributed by atoms with Crippen molar-refractivity contribution in [3.63, 3.8) is 0 Å². The molecule has 128 valence electrons. The Kier molecular flexibility index (Phi) is 3.74. The molecule has 5 heterocycles. The Hall–Kier alpha value is -1.94. The highest BCUT2D eigenvalue weighted by atomic mass is 32.1. The van der Waals surface area contributed by atoms with Crippen molar-refractivity contribution in [2.45, 2.75) is 32.0 Å². The summed E-state index contributed by atoms with van der Waals surface area (Å²) in [4.78, 5) is 11.2. The average molecular weight is 352 g/mol. The van der Waals surface area contributed by atoms with Crippen molar-refractivity contribution >= 4 is 17.2 Å². The van der Waals surface area contributed by atoms with Gasteiger partial charge in [0.15, 0.2) is 0 Å². The minimum atomic E-state index is 0.570. The first kappa shape index (κ1) is 15.3. The van der Waals surface area contributed by atoms with Crippen LogP contribution < -0.4 is 4.90 Å². The monoisotopic (exact) mass is 352 g/mol. The van der Waals surface area contributed by atoms with Crippen LogP contribution in [0.1, 0.15) is 27.3 Å². The van der Waals surface area contributed by atoms with E-state index in [1.807, 2.05) is 17.4 Å². The van der Waals surface area contributed by atoms with Crippen LogP contribution in [0, 0.1) is 11.3 Å². The lowest BCUT2D eigenvalue weighted by molar-refractivity contribution is 0.109. The van der Waals surface area contributed by atoms with E-state index in [0.29, 0.717) is 18.2 Å². The Balaban J connectivity index is 1.31. The predicted octanol–water partition coefficient (Wildman–Crippen LogP) is 2.33. The molecule has 3 aliphatic heterocycles. The first-order chi connectivity index (χ1) is 12.3. The molecule has 3 aliphatic rings. The second kappa shape index (κ2) is 6.10. The van der Waals surface area contributed by atoms with Gasteiger partial charge in [-0.25, -0.2) is 4.98 Å². The zero-order valence-electron chi connectivity index (χ0n) is 14.1. The van der Waals surface area contributed by atoms with Crippen molar-refractivity contribution in [3.8, 4) is 6.07 Å². The molecule has 1 fully saturated rings. The molecule has 6 heteroatoms. The number of nitrogens with zero attached hydrogens (tertiary/aromatic N) is 4. The highest BCUT2D eigenvalue weighted by Crippen LogP contribution is 2.31. The standard InChI is InChI=1S/C19H20N4OS/c20-8-14-7-15-12-24-5-2-17(15)21-19(14)23-10-16(11-23)22-4-1-18-13(9-22)3-6-25-18/h3,6-7,16H,1-2,4-5,9-12H2. The molecule has 0 N–H and O–H groups in total. The number of hydrogen-bond acceptors (Lipinski definition) is 6. The number of nitriles is 1. The van der Waals surface area contributed by atoms with Crippen LogP contribution >= 0.6 is 11.3 Å². The maximum Gasteiger partial charge on any atom is 0.146 e. The number of anilines is 1. The summed E-state index contributed by atoms with van der Waals surface area (Å²) in [6, 6.07) is 7.14. The molecule has 2 aromatic heterocycles. The first-order valence-electron chi connectivity index (χ1n) is 8.86. The van der Waals surface area contributed by atoms with Gasteiger partial charge >= 0.3 is 0 Å². The van der Waals surface area contributed by atoms with Crippen LogP contribution in [0.15, 0.2) is 17.5 Å². The van der Waals surface area contributed by atoms with Crippen LogP contribution in [0.25, 0.3) is 0 Å². The number of pyridine rings is 1. The van der Waals surface area contributed by atoms with E-state index < -0.39 is 0 Å². The van der Waals surface area contributed by atoms with E-state index >= 15 is 0 Å². The van der Waals surface area contributed by atoms with Crippen LogP contribution in [-0.2, 0) is 30.7 Å². The lowest BCUT2D eigenvalue weighted by Gasteiger charge is -2.47. The molecule has 0 spiro atoms. The predicted molar refractivity (Wildman–Crippen MR) is 96.7 cm³/mol. The fraction of sp³-hybridized carbons (Fsp3) is 0.474. The second-order valence-corrected chi connectivity index (χ2v) is 8.03. The molecule has 5 rings (SSSR count). The smallest absolute Gasteiger partial charge is 0.146 e. The van der Waals surface area contributed by atoms with Crippen LogP contribution in [0.2, 0.25) is 0 Å². The molecule has 0 radical (unpaired) electrons. The molecular weight excluding hydrogens is 332 g/mol. The molecule has 0 atom stereocenters. The van der Waals surface area contributed by atoms with E-state index in [-0.39, 0.29) is 0 Å². The summed E-state index contributed by atoms with van der Waals surface area (Å²) >= 11 is 1.89. The van der Waals surface area contributed by atoms with Crippen molar-refractivity contribution < 1.29 is 4.74 Å². The Morgan fingerprint density at radius 2 is 2.20 bits per heavy atom. The summed E-state index contributed by atoms with van der Waals surface area (Å²) in [6.45, 7) is 5.46. The number of rotatable bonds is 2. The van der Waals surface area contributed by atoms with Gasteiger partial charge in [-0.05, 0) is 29.5 Å². The van der Waals surface area contributed by atoms with Gasteiger partial charge in [0.05, 0.1) is 24.5 Å². The number of hydrogen-bond donors (Lipinski definition) is 0. The molecule has 0 aliphatic carbocycles. The fourth-order valence-electron chi connectivity index (χ4n) is 4.04. The van der Waals surface area contributed by atoms with Crippen molar-refractivity contribution in [2.24, 2.45) is 0 Å². The third-order valence-corrected chi connectivity index (χ3v) is 6.57. The van der Waals surface area contributed by atoms with E-state index in [0.717, 1.165) is 56.3 Å². The third-order valence-electron chi connectivity index (χ3n) is 5.55. The van der Waals surface area contributed by atoms with Crippen LogP contribution in [0.3, 0.4) is 0 Å². The van der Waals surface area contributed by atoms with Crippen LogP contribution in [0.5, 0.6) is 0 Å². The summed E-state index contributed by atoms with van der Waals surface area (Å²) in [5.74, 6) is 0.868. The van der Waals surface area contributed by atoms with E-state index in [1.54, 1.807) is 4.88 Å². The summed E-state index contributed by atoms with van der Waals surface area (Å²) in [6.07, 6.45) is 2.02. The van der Waals surface area contributed by atoms with Gasteiger partial charge in [0.1, 0.15) is 11.9 Å². The number of thiophene rings is 1. The lowest BCUT2D eigenvalue weighted by Crippen LogP contribution is -2.60. The van der Waals surface area contributed by atoms with Crippen molar-refractivity contribution in [2.75, 3.05) is 31.1 Å². The largest absolute Gasteiger partial charge is 0.376 e. The molecule has 0 amide bonds. The molecule has 1 saturated heterocycles. The summed E-state index contributed by atoms with van der Waals surface area (Å²) in [5, 5.41) is 11.7. The molecular formula is C19H20N4OS. The van der Waals surface area contributed by atoms with Gasteiger partial charge in [-0.3, -0.25) is 4.90 Å². The van der Waals surface area contributed by atoms with Gasteiger partial charge in [-0.1, -0.05) is 0 Å². The molecule has 25 heavy (non-hydrogen) atoms. The van der Waals surface area contributed by atoms with Crippen molar-refractivity contribution in [1.82, 2.24) is 9.88 Å². The van der Waals surface area contributed by atoms with E-state index in [9.17, 15) is 5.26 Å². The summed E-state index contributed by atoms with van der Waals surface area (Å²) in [5.41, 5.74) is 4.36. The van der Waals surface area contributed by atoms with Gasteiger partial charge in [0, 0.05) is 49.1 Å². The maximum atomic E-state index is 9.52. The quantitative estimate of drug-likeness (QED) is 0.830. The molecule has 0 unspecified atom stereocenters. The third kappa shape index (κ3) is 2.63. The van der Waals surface area contributed by atoms with Crippen molar-refractivity contribution in [1.29, 1.82) is 5.26 Å². The number of ether oxygens (including phenoxy) is 1. The minimum absolute atomic E-state index is 0.570. The van der Waals surface area contributed by atoms with Gasteiger partial charge < -0.3 is 9.64 Å². The normalized spacial score (nSPS) is 20.5. The second-order valence-electron chi connectivity index (χ2n) is 7.03. The summed E-state index contributed by atoms with van der Waals surface area (Å²) in [7, 11) is 0. The highest BCUT2D eigenvalue weighted by molar-refractivity contribution is 7.10. The SMILES string of the molecule is N#Cc1cc2c(nc1N1CC(N3CCc4sccc4C3)C1)CCOC2. The Morgan fingerprint density at radius 3 is 3.08 bits per heavy atom. The fourth-order valence-corrected chi connectivity index (χ4v) is 4.93. The zero-order valence-corrected chi connectivity index (χ0v) is 14.9. The van der Waals surface area contributed by atoms with Crippen molar-refractivity contribution in [3.05, 3.63) is 44.8 Å². The first-order valence-corrected chi connectivity index (χ1v) is 9.74. The van der Waals surface area contributed by atoms with E-state index in [4.69, 9.17) is 9.72 Å². The Morgan fingerprint density at radius 1 is 1.28 bits per heavy atom. The average Bonchev–Trinajstić information content (AvgIpc) is 3.07. The van der Waals surface area contributed by atoms with Crippen LogP contribution in [-0.4, -0.2) is 42.2 Å². The Labute approximate surface area is 151 Å². The van der Waals surface area contributed by atoms with Gasteiger partial charge in [0.25, 0.3) is 0 Å². The van der Waals surface area contributed by atoms with E-state index in [2.05, 4.69) is 27.3 Å². The molecule has 0 saturated carbocycles. The van der Waals surface area contributed by atoms with E-state index in [1.165, 1.54) is 12.0 Å². The maximum absolute atomic E-state index is 9.52.